The van der Waals surface area contributed by atoms with E-state index >= 15 is 0 Å². The van der Waals surface area contributed by atoms with E-state index in [9.17, 15) is 4.79 Å². The van der Waals surface area contributed by atoms with E-state index in [1.54, 1.807) is 6.20 Å². The van der Waals surface area contributed by atoms with Crippen LogP contribution in [0.2, 0.25) is 0 Å². The summed E-state index contributed by atoms with van der Waals surface area (Å²) >= 11 is 0. The summed E-state index contributed by atoms with van der Waals surface area (Å²) in [7, 11) is 0. The molecule has 2 aliphatic rings. The zero-order valence-corrected chi connectivity index (χ0v) is 17.2. The SMILES string of the molecule is O=C(C1CCCCC1)N1CCC(c2ccc3c(NCc4ncc[nH]4)n[nH]c3n2)CC1. The third-order valence-corrected chi connectivity index (χ3v) is 6.60. The smallest absolute Gasteiger partial charge is 0.225 e. The first-order valence-electron chi connectivity index (χ1n) is 11.1. The highest BCUT2D eigenvalue weighted by molar-refractivity contribution is 5.87. The van der Waals surface area contributed by atoms with Crippen molar-refractivity contribution in [3.8, 4) is 0 Å². The van der Waals surface area contributed by atoms with Crippen LogP contribution in [0.4, 0.5) is 5.82 Å². The summed E-state index contributed by atoms with van der Waals surface area (Å²) in [6.45, 7) is 2.28. The summed E-state index contributed by atoms with van der Waals surface area (Å²) in [6, 6.07) is 4.20. The Kier molecular flexibility index (Phi) is 5.38. The van der Waals surface area contributed by atoms with Crippen molar-refractivity contribution < 1.29 is 4.79 Å². The minimum Gasteiger partial charge on any atom is -0.361 e. The van der Waals surface area contributed by atoms with Gasteiger partial charge in [-0.2, -0.15) is 5.10 Å². The lowest BCUT2D eigenvalue weighted by molar-refractivity contribution is -0.137. The summed E-state index contributed by atoms with van der Waals surface area (Å²) in [5, 5.41) is 11.7. The molecular weight excluding hydrogens is 378 g/mol. The van der Waals surface area contributed by atoms with Gasteiger partial charge in [0.15, 0.2) is 11.5 Å². The topological polar surface area (TPSA) is 103 Å². The van der Waals surface area contributed by atoms with Gasteiger partial charge in [-0.3, -0.25) is 9.89 Å². The van der Waals surface area contributed by atoms with Crippen LogP contribution in [0.25, 0.3) is 11.0 Å². The van der Waals surface area contributed by atoms with Crippen molar-refractivity contribution in [1.82, 2.24) is 30.0 Å². The molecule has 1 saturated carbocycles. The number of aromatic nitrogens is 5. The van der Waals surface area contributed by atoms with Crippen LogP contribution in [0, 0.1) is 5.92 Å². The Balaban J connectivity index is 1.21. The molecule has 0 unspecified atom stereocenters. The molecule has 0 spiro atoms. The summed E-state index contributed by atoms with van der Waals surface area (Å²) in [4.78, 5) is 27.0. The first-order chi connectivity index (χ1) is 14.8. The number of rotatable bonds is 5. The largest absolute Gasteiger partial charge is 0.361 e. The Morgan fingerprint density at radius 3 is 2.73 bits per heavy atom. The number of likely N-dealkylation sites (tertiary alicyclic amines) is 1. The maximum Gasteiger partial charge on any atom is 0.225 e. The van der Waals surface area contributed by atoms with E-state index < -0.39 is 0 Å². The standard InChI is InChI=1S/C22H29N7O/c30-22(16-4-2-1-3-5-16)29-12-8-15(9-13-29)18-7-6-17-20(27-28-21(17)26-18)25-14-19-23-10-11-24-19/h6-7,10-11,15-16H,1-5,8-9,12-14H2,(H,23,24)(H2,25,26,27,28). The van der Waals surface area contributed by atoms with Crippen molar-refractivity contribution in [2.45, 2.75) is 57.4 Å². The Labute approximate surface area is 175 Å². The number of nitrogens with one attached hydrogen (secondary N) is 3. The molecule has 3 N–H and O–H groups in total. The maximum absolute atomic E-state index is 12.8. The second-order valence-corrected chi connectivity index (χ2v) is 8.53. The van der Waals surface area contributed by atoms with Gasteiger partial charge in [0.25, 0.3) is 0 Å². The third-order valence-electron chi connectivity index (χ3n) is 6.60. The summed E-state index contributed by atoms with van der Waals surface area (Å²) in [6.07, 6.45) is 11.4. The van der Waals surface area contributed by atoms with E-state index in [4.69, 9.17) is 4.98 Å². The minimum absolute atomic E-state index is 0.266. The van der Waals surface area contributed by atoms with E-state index in [2.05, 4.69) is 42.5 Å². The molecule has 2 fully saturated rings. The van der Waals surface area contributed by atoms with Gasteiger partial charge in [-0.1, -0.05) is 19.3 Å². The van der Waals surface area contributed by atoms with Crippen LogP contribution in [-0.4, -0.2) is 49.0 Å². The van der Waals surface area contributed by atoms with Gasteiger partial charge in [0, 0.05) is 43.0 Å². The van der Waals surface area contributed by atoms with E-state index in [0.717, 1.165) is 67.1 Å². The third kappa shape index (κ3) is 3.91. The lowest BCUT2D eigenvalue weighted by Gasteiger charge is -2.35. The number of anilines is 1. The fraction of sp³-hybridized carbons (Fsp3) is 0.545. The average molecular weight is 408 g/mol. The average Bonchev–Trinajstić information content (AvgIpc) is 3.47. The highest BCUT2D eigenvalue weighted by Gasteiger charge is 2.30. The van der Waals surface area contributed by atoms with Gasteiger partial charge in [0.05, 0.1) is 11.9 Å². The van der Waals surface area contributed by atoms with Gasteiger partial charge in [-0.15, -0.1) is 0 Å². The van der Waals surface area contributed by atoms with E-state index in [0.29, 0.717) is 18.4 Å². The number of fused-ring (bicyclic) bond motifs is 1. The van der Waals surface area contributed by atoms with Crippen molar-refractivity contribution in [3.63, 3.8) is 0 Å². The Bertz CT molecular complexity index is 982. The fourth-order valence-electron chi connectivity index (χ4n) is 4.85. The van der Waals surface area contributed by atoms with E-state index in [1.165, 1.54) is 19.3 Å². The molecule has 0 radical (unpaired) electrons. The minimum atomic E-state index is 0.266. The predicted molar refractivity (Wildman–Crippen MR) is 115 cm³/mol. The molecule has 3 aromatic rings. The number of nitrogens with zero attached hydrogens (tertiary/aromatic N) is 4. The molecule has 1 aliphatic heterocycles. The van der Waals surface area contributed by atoms with Gasteiger partial charge < -0.3 is 15.2 Å². The molecule has 0 bridgehead atoms. The fourth-order valence-corrected chi connectivity index (χ4v) is 4.85. The van der Waals surface area contributed by atoms with Crippen molar-refractivity contribution in [1.29, 1.82) is 0 Å². The van der Waals surface area contributed by atoms with Crippen LogP contribution < -0.4 is 5.32 Å². The number of imidazole rings is 1. The zero-order valence-electron chi connectivity index (χ0n) is 17.2. The number of hydrogen-bond donors (Lipinski definition) is 3. The first-order valence-corrected chi connectivity index (χ1v) is 11.1. The molecule has 8 nitrogen and oxygen atoms in total. The number of piperidine rings is 1. The number of carbonyl (C=O) groups is 1. The zero-order chi connectivity index (χ0) is 20.3. The van der Waals surface area contributed by atoms with Gasteiger partial charge in [0.1, 0.15) is 5.82 Å². The van der Waals surface area contributed by atoms with E-state index in [-0.39, 0.29) is 5.92 Å². The molecule has 3 aromatic heterocycles. The molecule has 158 valence electrons. The monoisotopic (exact) mass is 407 g/mol. The Morgan fingerprint density at radius 1 is 1.13 bits per heavy atom. The lowest BCUT2D eigenvalue weighted by Crippen LogP contribution is -2.42. The van der Waals surface area contributed by atoms with Crippen molar-refractivity contribution in [2.24, 2.45) is 5.92 Å². The Hall–Kier alpha value is -2.90. The van der Waals surface area contributed by atoms with Gasteiger partial charge in [-0.25, -0.2) is 9.97 Å². The molecule has 4 heterocycles. The molecule has 0 aromatic carbocycles. The van der Waals surface area contributed by atoms with Crippen LogP contribution in [-0.2, 0) is 11.3 Å². The quantitative estimate of drug-likeness (QED) is 0.600. The van der Waals surface area contributed by atoms with Crippen LogP contribution >= 0.6 is 0 Å². The van der Waals surface area contributed by atoms with Gasteiger partial charge in [-0.05, 0) is 37.8 Å². The Morgan fingerprint density at radius 2 is 1.97 bits per heavy atom. The highest BCUT2D eigenvalue weighted by atomic mass is 16.2. The van der Waals surface area contributed by atoms with E-state index in [1.807, 2.05) is 6.20 Å². The second-order valence-electron chi connectivity index (χ2n) is 8.53. The number of pyridine rings is 1. The highest BCUT2D eigenvalue weighted by Crippen LogP contribution is 2.31. The number of aromatic amines is 2. The molecule has 0 atom stereocenters. The summed E-state index contributed by atoms with van der Waals surface area (Å²) < 4.78 is 0. The van der Waals surface area contributed by atoms with Crippen LogP contribution in [0.3, 0.4) is 0 Å². The molecule has 1 aliphatic carbocycles. The number of amides is 1. The van der Waals surface area contributed by atoms with Crippen LogP contribution in [0.1, 0.15) is 62.4 Å². The normalized spacial score (nSPS) is 18.7. The maximum atomic E-state index is 12.8. The lowest BCUT2D eigenvalue weighted by atomic mass is 9.86. The van der Waals surface area contributed by atoms with Crippen LogP contribution in [0.5, 0.6) is 0 Å². The summed E-state index contributed by atoms with van der Waals surface area (Å²) in [5.41, 5.74) is 1.89. The van der Waals surface area contributed by atoms with Crippen molar-refractivity contribution in [2.75, 3.05) is 18.4 Å². The molecule has 1 amide bonds. The van der Waals surface area contributed by atoms with Crippen molar-refractivity contribution in [3.05, 3.63) is 36.0 Å². The molecule has 5 rings (SSSR count). The molecule has 8 heteroatoms. The second kappa shape index (κ2) is 8.45. The number of hydrogen-bond acceptors (Lipinski definition) is 5. The number of carbonyl (C=O) groups excluding carboxylic acids is 1. The first kappa shape index (κ1) is 19.1. The molecular formula is C22H29N7O. The predicted octanol–water partition coefficient (Wildman–Crippen LogP) is 3.58. The van der Waals surface area contributed by atoms with Crippen LogP contribution in [0.15, 0.2) is 24.5 Å². The number of H-pyrrole nitrogens is 2. The van der Waals surface area contributed by atoms with Crippen molar-refractivity contribution >= 4 is 22.8 Å². The van der Waals surface area contributed by atoms with Gasteiger partial charge >= 0.3 is 0 Å². The summed E-state index contributed by atoms with van der Waals surface area (Å²) in [5.74, 6) is 2.70. The molecule has 30 heavy (non-hydrogen) atoms. The molecule has 1 saturated heterocycles. The van der Waals surface area contributed by atoms with Gasteiger partial charge in [0.2, 0.25) is 5.91 Å².